The number of thioether (sulfide) groups is 1. The Morgan fingerprint density at radius 3 is 2.53 bits per heavy atom. The Hall–Kier alpha value is -4.66. The van der Waals surface area contributed by atoms with E-state index in [9.17, 15) is 0 Å². The van der Waals surface area contributed by atoms with E-state index in [1.54, 1.807) is 22.8 Å². The number of amidine groups is 1. The van der Waals surface area contributed by atoms with Gasteiger partial charge in [-0.2, -0.15) is 5.10 Å². The van der Waals surface area contributed by atoms with E-state index in [4.69, 9.17) is 26.6 Å². The molecular formula is C34H25ClN6OS. The number of nitrogens with zero attached hydrogens (tertiary/aromatic N) is 6. The summed E-state index contributed by atoms with van der Waals surface area (Å²) >= 11 is 8.19. The Bertz CT molecular complexity index is 2000. The normalized spacial score (nSPS) is 19.3. The summed E-state index contributed by atoms with van der Waals surface area (Å²) in [6.07, 6.45) is 3.80. The maximum absolute atomic E-state index is 6.68. The SMILES string of the molecule is Cc1ccc(C2=NOC3(c4ccc(Cl)cc4)CC(c4cc5ccccc5nc4-n4cncn4)Sc4ccccc4N23)cc1. The molecule has 0 N–H and O–H groups in total. The van der Waals surface area contributed by atoms with Crippen LogP contribution in [0.15, 0.2) is 126 Å². The molecule has 0 saturated heterocycles. The zero-order valence-electron chi connectivity index (χ0n) is 23.1. The third-order valence-corrected chi connectivity index (χ3v) is 9.57. The van der Waals surface area contributed by atoms with E-state index in [2.05, 4.69) is 82.6 Å². The van der Waals surface area contributed by atoms with Crippen molar-refractivity contribution >= 4 is 45.8 Å². The van der Waals surface area contributed by atoms with E-state index in [0.717, 1.165) is 49.8 Å². The van der Waals surface area contributed by atoms with Crippen LogP contribution in [-0.4, -0.2) is 25.6 Å². The van der Waals surface area contributed by atoms with Crippen LogP contribution in [0.4, 0.5) is 5.69 Å². The maximum Gasteiger partial charge on any atom is 0.242 e. The van der Waals surface area contributed by atoms with Gasteiger partial charge < -0.3 is 4.84 Å². The number of hydrogen-bond acceptors (Lipinski definition) is 7. The second-order valence-electron chi connectivity index (χ2n) is 10.7. The van der Waals surface area contributed by atoms with Gasteiger partial charge in [-0.05, 0) is 43.3 Å². The average molecular weight is 601 g/mol. The van der Waals surface area contributed by atoms with Crippen molar-refractivity contribution in [1.82, 2.24) is 19.7 Å². The van der Waals surface area contributed by atoms with Gasteiger partial charge in [0, 0.05) is 43.7 Å². The molecule has 6 aromatic rings. The molecule has 4 heterocycles. The summed E-state index contributed by atoms with van der Waals surface area (Å²) in [7, 11) is 0. The molecule has 0 bridgehead atoms. The molecule has 8 rings (SSSR count). The number of aromatic nitrogens is 4. The molecule has 0 amide bonds. The first kappa shape index (κ1) is 26.0. The van der Waals surface area contributed by atoms with Gasteiger partial charge in [0.2, 0.25) is 5.72 Å². The number of para-hydroxylation sites is 2. The van der Waals surface area contributed by atoms with Crippen LogP contribution in [-0.2, 0) is 10.6 Å². The Labute approximate surface area is 257 Å². The summed E-state index contributed by atoms with van der Waals surface area (Å²) in [6, 6.07) is 35.1. The van der Waals surface area contributed by atoms with Crippen molar-refractivity contribution < 1.29 is 4.84 Å². The van der Waals surface area contributed by atoms with Crippen LogP contribution >= 0.6 is 23.4 Å². The van der Waals surface area contributed by atoms with E-state index >= 15 is 0 Å². The summed E-state index contributed by atoms with van der Waals surface area (Å²) in [6.45, 7) is 2.08. The highest BCUT2D eigenvalue weighted by atomic mass is 35.5. The van der Waals surface area contributed by atoms with Gasteiger partial charge in [-0.15, -0.1) is 11.8 Å². The van der Waals surface area contributed by atoms with Gasteiger partial charge in [0.15, 0.2) is 11.7 Å². The number of anilines is 1. The zero-order chi connectivity index (χ0) is 29.0. The predicted molar refractivity (Wildman–Crippen MR) is 171 cm³/mol. The fourth-order valence-corrected chi connectivity index (χ4v) is 7.40. The van der Waals surface area contributed by atoms with E-state index in [-0.39, 0.29) is 5.25 Å². The van der Waals surface area contributed by atoms with Crippen LogP contribution in [0.3, 0.4) is 0 Å². The summed E-state index contributed by atoms with van der Waals surface area (Å²) in [5.74, 6) is 1.50. The molecular weight excluding hydrogens is 576 g/mol. The van der Waals surface area contributed by atoms with Crippen LogP contribution in [0, 0.1) is 6.92 Å². The molecule has 0 spiro atoms. The smallest absolute Gasteiger partial charge is 0.242 e. The number of rotatable bonds is 4. The molecule has 2 atom stereocenters. The molecule has 0 aliphatic carbocycles. The zero-order valence-corrected chi connectivity index (χ0v) is 24.7. The second kappa shape index (κ2) is 10.3. The molecule has 4 aromatic carbocycles. The molecule has 2 aliphatic heterocycles. The highest BCUT2D eigenvalue weighted by Crippen LogP contribution is 2.57. The van der Waals surface area contributed by atoms with Crippen molar-refractivity contribution in [2.75, 3.05) is 4.90 Å². The van der Waals surface area contributed by atoms with Crippen LogP contribution < -0.4 is 4.90 Å². The van der Waals surface area contributed by atoms with Gasteiger partial charge in [-0.25, -0.2) is 14.6 Å². The Kier molecular flexibility index (Phi) is 6.20. The minimum absolute atomic E-state index is 0.0919. The first-order chi connectivity index (χ1) is 21.1. The molecule has 0 saturated carbocycles. The fourth-order valence-electron chi connectivity index (χ4n) is 5.92. The van der Waals surface area contributed by atoms with Crippen molar-refractivity contribution in [3.05, 3.63) is 143 Å². The molecule has 9 heteroatoms. The lowest BCUT2D eigenvalue weighted by Crippen LogP contribution is -2.47. The number of halogens is 1. The van der Waals surface area contributed by atoms with E-state index in [1.807, 2.05) is 42.5 Å². The molecule has 0 fully saturated rings. The largest absolute Gasteiger partial charge is 0.360 e. The summed E-state index contributed by atoms with van der Waals surface area (Å²) in [5.41, 5.74) is 5.12. The fraction of sp³-hybridized carbons (Fsp3) is 0.118. The first-order valence-corrected chi connectivity index (χ1v) is 15.2. The highest BCUT2D eigenvalue weighted by molar-refractivity contribution is 7.99. The number of fused-ring (bicyclic) bond motifs is 4. The molecule has 0 radical (unpaired) electrons. The van der Waals surface area contributed by atoms with Crippen molar-refractivity contribution in [2.45, 2.75) is 29.2 Å². The molecule has 43 heavy (non-hydrogen) atoms. The van der Waals surface area contributed by atoms with Gasteiger partial charge in [0.05, 0.1) is 11.2 Å². The molecule has 210 valence electrons. The molecule has 2 aliphatic rings. The Morgan fingerprint density at radius 2 is 1.72 bits per heavy atom. The Balaban J connectivity index is 1.37. The predicted octanol–water partition coefficient (Wildman–Crippen LogP) is 8.07. The Morgan fingerprint density at radius 1 is 0.930 bits per heavy atom. The first-order valence-electron chi connectivity index (χ1n) is 14.0. The minimum atomic E-state index is -0.958. The van der Waals surface area contributed by atoms with Gasteiger partial charge in [-0.3, -0.25) is 4.90 Å². The topological polar surface area (TPSA) is 68.4 Å². The number of oxime groups is 1. The number of pyridine rings is 1. The molecule has 2 unspecified atom stereocenters. The quantitative estimate of drug-likeness (QED) is 0.204. The van der Waals surface area contributed by atoms with Crippen molar-refractivity contribution in [3.8, 4) is 5.82 Å². The monoisotopic (exact) mass is 600 g/mol. The lowest BCUT2D eigenvalue weighted by Gasteiger charge is -2.38. The van der Waals surface area contributed by atoms with Gasteiger partial charge in [0.1, 0.15) is 12.7 Å². The third kappa shape index (κ3) is 4.37. The van der Waals surface area contributed by atoms with E-state index in [0.29, 0.717) is 11.4 Å². The summed E-state index contributed by atoms with van der Waals surface area (Å²) < 4.78 is 1.75. The van der Waals surface area contributed by atoms with Crippen LogP contribution in [0.25, 0.3) is 16.7 Å². The summed E-state index contributed by atoms with van der Waals surface area (Å²) in [4.78, 5) is 19.4. The average Bonchev–Trinajstić information content (AvgIpc) is 3.68. The van der Waals surface area contributed by atoms with Gasteiger partial charge in [0.25, 0.3) is 0 Å². The van der Waals surface area contributed by atoms with Crippen LogP contribution in [0.5, 0.6) is 0 Å². The van der Waals surface area contributed by atoms with Crippen LogP contribution in [0.1, 0.15) is 33.9 Å². The second-order valence-corrected chi connectivity index (χ2v) is 12.4. The molecule has 2 aromatic heterocycles. The standard InChI is InChI=1S/C34H25ClN6OS/c1-22-10-12-23(13-11-22)32-39-42-34(25-14-16-26(35)17-15-25)19-31(43-30-9-5-4-8-29(30)41(32)34)27-18-24-6-2-3-7-28(24)38-33(27)40-21-36-20-37-40/h2-18,20-21,31H,19H2,1H3. The van der Waals surface area contributed by atoms with Crippen molar-refractivity contribution in [3.63, 3.8) is 0 Å². The highest BCUT2D eigenvalue weighted by Gasteiger charge is 2.53. The van der Waals surface area contributed by atoms with E-state index in [1.165, 1.54) is 11.9 Å². The third-order valence-electron chi connectivity index (χ3n) is 8.01. The van der Waals surface area contributed by atoms with Gasteiger partial charge in [-0.1, -0.05) is 89.1 Å². The lowest BCUT2D eigenvalue weighted by atomic mass is 9.91. The van der Waals surface area contributed by atoms with E-state index < -0.39 is 5.72 Å². The minimum Gasteiger partial charge on any atom is -0.360 e. The van der Waals surface area contributed by atoms with Crippen molar-refractivity contribution in [2.24, 2.45) is 5.16 Å². The van der Waals surface area contributed by atoms with Crippen molar-refractivity contribution in [1.29, 1.82) is 0 Å². The van der Waals surface area contributed by atoms with Gasteiger partial charge >= 0.3 is 0 Å². The molecule has 7 nitrogen and oxygen atoms in total. The maximum atomic E-state index is 6.68. The number of benzene rings is 4. The van der Waals surface area contributed by atoms with Crippen LogP contribution in [0.2, 0.25) is 5.02 Å². The number of aryl methyl sites for hydroxylation is 1. The lowest BCUT2D eigenvalue weighted by molar-refractivity contribution is -0.0283. The summed E-state index contributed by atoms with van der Waals surface area (Å²) in [5, 5.41) is 10.9. The number of hydrogen-bond donors (Lipinski definition) is 0.